The Balaban J connectivity index is 1.59. The highest BCUT2D eigenvalue weighted by molar-refractivity contribution is 5.83. The van der Waals surface area contributed by atoms with Crippen LogP contribution in [0.25, 0.3) is 0 Å². The fourth-order valence-corrected chi connectivity index (χ4v) is 2.92. The number of nitrogens with two attached hydrogens (primary N) is 1. The van der Waals surface area contributed by atoms with Crippen LogP contribution in [0.2, 0.25) is 0 Å². The number of nitrogens with zero attached hydrogens (tertiary/aromatic N) is 1. The molecule has 0 radical (unpaired) electrons. The number of anilines is 2. The Kier molecular flexibility index (Phi) is 3.78. The Hall–Kier alpha value is -1.75. The molecule has 2 heterocycles. The van der Waals surface area contributed by atoms with Crippen molar-refractivity contribution >= 4 is 17.3 Å². The second kappa shape index (κ2) is 5.71. The molecule has 2 aliphatic heterocycles. The van der Waals surface area contributed by atoms with Gasteiger partial charge in [-0.15, -0.1) is 0 Å². The standard InChI is InChI=1S/C15H21N3O2/c16-12-2-1-11-3-6-18(14(11)9-12)10-15(19)17-13-4-7-20-8-5-13/h1-2,9,13H,3-8,10,16H2,(H,17,19). The second-order valence-corrected chi connectivity index (χ2v) is 5.51. The maximum atomic E-state index is 12.1. The number of carbonyl (C=O) groups excluding carboxylic acids is 1. The van der Waals surface area contributed by atoms with Crippen molar-refractivity contribution in [3.8, 4) is 0 Å². The van der Waals surface area contributed by atoms with E-state index in [-0.39, 0.29) is 11.9 Å². The summed E-state index contributed by atoms with van der Waals surface area (Å²) in [7, 11) is 0. The number of carbonyl (C=O) groups is 1. The van der Waals surface area contributed by atoms with Crippen molar-refractivity contribution in [2.75, 3.05) is 36.9 Å². The van der Waals surface area contributed by atoms with E-state index in [4.69, 9.17) is 10.5 Å². The smallest absolute Gasteiger partial charge is 0.239 e. The van der Waals surface area contributed by atoms with Gasteiger partial charge in [-0.25, -0.2) is 0 Å². The molecule has 1 fully saturated rings. The monoisotopic (exact) mass is 275 g/mol. The molecule has 0 bridgehead atoms. The Morgan fingerprint density at radius 3 is 3.00 bits per heavy atom. The van der Waals surface area contributed by atoms with Crippen molar-refractivity contribution in [2.45, 2.75) is 25.3 Å². The average Bonchev–Trinajstić information content (AvgIpc) is 2.82. The molecule has 20 heavy (non-hydrogen) atoms. The first-order valence-electron chi connectivity index (χ1n) is 7.23. The summed E-state index contributed by atoms with van der Waals surface area (Å²) in [6.07, 6.45) is 2.81. The molecule has 5 heteroatoms. The zero-order valence-electron chi connectivity index (χ0n) is 11.6. The van der Waals surface area contributed by atoms with E-state index in [9.17, 15) is 4.79 Å². The van der Waals surface area contributed by atoms with Crippen LogP contribution in [-0.4, -0.2) is 38.3 Å². The quantitative estimate of drug-likeness (QED) is 0.805. The highest BCUT2D eigenvalue weighted by atomic mass is 16.5. The van der Waals surface area contributed by atoms with Crippen LogP contribution in [0.15, 0.2) is 18.2 Å². The molecule has 0 aromatic heterocycles. The minimum atomic E-state index is 0.0900. The molecular weight excluding hydrogens is 254 g/mol. The zero-order chi connectivity index (χ0) is 13.9. The van der Waals surface area contributed by atoms with Crippen molar-refractivity contribution in [2.24, 2.45) is 0 Å². The van der Waals surface area contributed by atoms with Crippen LogP contribution in [0.3, 0.4) is 0 Å². The van der Waals surface area contributed by atoms with Crippen LogP contribution in [-0.2, 0) is 16.0 Å². The van der Waals surface area contributed by atoms with Gasteiger partial charge >= 0.3 is 0 Å². The highest BCUT2D eigenvalue weighted by Gasteiger charge is 2.23. The predicted molar refractivity (Wildman–Crippen MR) is 78.8 cm³/mol. The fraction of sp³-hybridized carbons (Fsp3) is 0.533. The number of ether oxygens (including phenoxy) is 1. The van der Waals surface area contributed by atoms with Gasteiger partial charge < -0.3 is 20.7 Å². The summed E-state index contributed by atoms with van der Waals surface area (Å²) in [5.74, 6) is 0.0900. The van der Waals surface area contributed by atoms with Gasteiger partial charge in [-0.05, 0) is 37.0 Å². The number of hydrogen-bond acceptors (Lipinski definition) is 4. The largest absolute Gasteiger partial charge is 0.399 e. The minimum Gasteiger partial charge on any atom is -0.399 e. The van der Waals surface area contributed by atoms with Gasteiger partial charge in [0.2, 0.25) is 5.91 Å². The molecule has 0 atom stereocenters. The molecule has 1 aromatic rings. The van der Waals surface area contributed by atoms with E-state index in [1.807, 2.05) is 12.1 Å². The van der Waals surface area contributed by atoms with Gasteiger partial charge in [-0.2, -0.15) is 0 Å². The van der Waals surface area contributed by atoms with Gasteiger partial charge in [0.15, 0.2) is 0 Å². The molecule has 5 nitrogen and oxygen atoms in total. The summed E-state index contributed by atoms with van der Waals surface area (Å²) in [5, 5.41) is 3.10. The van der Waals surface area contributed by atoms with E-state index in [1.54, 1.807) is 0 Å². The molecule has 1 saturated heterocycles. The molecule has 2 aliphatic rings. The van der Waals surface area contributed by atoms with E-state index < -0.39 is 0 Å². The van der Waals surface area contributed by atoms with Gasteiger partial charge in [0.1, 0.15) is 0 Å². The van der Waals surface area contributed by atoms with Gasteiger partial charge in [0.25, 0.3) is 0 Å². The number of nitrogens with one attached hydrogen (secondary N) is 1. The third-order valence-corrected chi connectivity index (χ3v) is 4.02. The molecular formula is C15H21N3O2. The normalized spacial score (nSPS) is 18.9. The van der Waals surface area contributed by atoms with Crippen LogP contribution < -0.4 is 16.0 Å². The van der Waals surface area contributed by atoms with Crippen LogP contribution in [0.4, 0.5) is 11.4 Å². The molecule has 1 amide bonds. The summed E-state index contributed by atoms with van der Waals surface area (Å²) in [4.78, 5) is 14.2. The maximum Gasteiger partial charge on any atom is 0.239 e. The van der Waals surface area contributed by atoms with Crippen LogP contribution >= 0.6 is 0 Å². The van der Waals surface area contributed by atoms with Gasteiger partial charge in [0, 0.05) is 37.2 Å². The lowest BCUT2D eigenvalue weighted by atomic mass is 10.1. The zero-order valence-corrected chi connectivity index (χ0v) is 11.6. The lowest BCUT2D eigenvalue weighted by Gasteiger charge is -2.25. The fourth-order valence-electron chi connectivity index (χ4n) is 2.92. The Bertz CT molecular complexity index is 498. The number of amides is 1. The predicted octanol–water partition coefficient (Wildman–Crippen LogP) is 0.926. The average molecular weight is 275 g/mol. The van der Waals surface area contributed by atoms with E-state index in [2.05, 4.69) is 16.3 Å². The Morgan fingerprint density at radius 2 is 2.20 bits per heavy atom. The maximum absolute atomic E-state index is 12.1. The number of benzene rings is 1. The summed E-state index contributed by atoms with van der Waals surface area (Å²) in [6, 6.07) is 6.20. The van der Waals surface area contributed by atoms with Crippen molar-refractivity contribution in [3.05, 3.63) is 23.8 Å². The van der Waals surface area contributed by atoms with Crippen molar-refractivity contribution < 1.29 is 9.53 Å². The lowest BCUT2D eigenvalue weighted by molar-refractivity contribution is -0.121. The molecule has 108 valence electrons. The Labute approximate surface area is 119 Å². The topological polar surface area (TPSA) is 67.6 Å². The van der Waals surface area contributed by atoms with Gasteiger partial charge in [0.05, 0.1) is 6.54 Å². The first-order chi connectivity index (χ1) is 9.72. The van der Waals surface area contributed by atoms with Crippen molar-refractivity contribution in [1.29, 1.82) is 0 Å². The van der Waals surface area contributed by atoms with Crippen LogP contribution in [0.1, 0.15) is 18.4 Å². The van der Waals surface area contributed by atoms with Crippen molar-refractivity contribution in [1.82, 2.24) is 5.32 Å². The lowest BCUT2D eigenvalue weighted by Crippen LogP contribution is -2.44. The van der Waals surface area contributed by atoms with E-state index in [0.717, 1.165) is 50.4 Å². The Morgan fingerprint density at radius 1 is 1.40 bits per heavy atom. The van der Waals surface area contributed by atoms with Gasteiger partial charge in [-0.3, -0.25) is 4.79 Å². The number of hydrogen-bond donors (Lipinski definition) is 2. The first kappa shape index (κ1) is 13.2. The molecule has 3 N–H and O–H groups in total. The molecule has 3 rings (SSSR count). The molecule has 0 saturated carbocycles. The molecule has 0 unspecified atom stereocenters. The van der Waals surface area contributed by atoms with E-state index >= 15 is 0 Å². The minimum absolute atomic E-state index is 0.0900. The first-order valence-corrected chi connectivity index (χ1v) is 7.23. The molecule has 0 spiro atoms. The third kappa shape index (κ3) is 2.88. The number of nitrogen functional groups attached to an aromatic ring is 1. The number of rotatable bonds is 3. The van der Waals surface area contributed by atoms with E-state index in [0.29, 0.717) is 6.54 Å². The second-order valence-electron chi connectivity index (χ2n) is 5.51. The van der Waals surface area contributed by atoms with Crippen molar-refractivity contribution in [3.63, 3.8) is 0 Å². The van der Waals surface area contributed by atoms with E-state index in [1.165, 1.54) is 5.56 Å². The summed E-state index contributed by atoms with van der Waals surface area (Å²) in [6.45, 7) is 2.79. The SMILES string of the molecule is Nc1ccc2c(c1)N(CC(=O)NC1CCOCC1)CC2. The summed E-state index contributed by atoms with van der Waals surface area (Å²) in [5.41, 5.74) is 8.96. The molecule has 0 aliphatic carbocycles. The third-order valence-electron chi connectivity index (χ3n) is 4.02. The van der Waals surface area contributed by atoms with Crippen LogP contribution in [0.5, 0.6) is 0 Å². The molecule has 1 aromatic carbocycles. The van der Waals surface area contributed by atoms with Crippen LogP contribution in [0, 0.1) is 0 Å². The summed E-state index contributed by atoms with van der Waals surface area (Å²) >= 11 is 0. The van der Waals surface area contributed by atoms with Gasteiger partial charge in [-0.1, -0.05) is 6.07 Å². The number of fused-ring (bicyclic) bond motifs is 1. The summed E-state index contributed by atoms with van der Waals surface area (Å²) < 4.78 is 5.30. The highest BCUT2D eigenvalue weighted by Crippen LogP contribution is 2.29.